The molecule has 0 radical (unpaired) electrons. The molecule has 0 saturated carbocycles. The first-order valence-electron chi connectivity index (χ1n) is 9.58. The van der Waals surface area contributed by atoms with E-state index in [0.717, 1.165) is 23.9 Å². The summed E-state index contributed by atoms with van der Waals surface area (Å²) < 4.78 is 1.65. The van der Waals surface area contributed by atoms with Crippen LogP contribution in [0.1, 0.15) is 90.4 Å². The zero-order valence-electron chi connectivity index (χ0n) is 15.7. The Morgan fingerprint density at radius 1 is 0.913 bits per heavy atom. The SMILES string of the molecule is CCCCCCCCCCCC(I)[N+](C)(C)CCCCC(=O)O. The molecule has 0 aromatic heterocycles. The number of carbonyl (C=O) groups is 1. The Balaban J connectivity index is 3.58. The smallest absolute Gasteiger partial charge is 0.303 e. The molecule has 0 bridgehead atoms. The van der Waals surface area contributed by atoms with E-state index < -0.39 is 5.97 Å². The number of hydrogen-bond acceptors (Lipinski definition) is 1. The summed E-state index contributed by atoms with van der Waals surface area (Å²) in [7, 11) is 4.57. The van der Waals surface area contributed by atoms with Crippen molar-refractivity contribution in [2.24, 2.45) is 0 Å². The molecule has 0 fully saturated rings. The van der Waals surface area contributed by atoms with Gasteiger partial charge in [-0.1, -0.05) is 58.3 Å². The van der Waals surface area contributed by atoms with Crippen LogP contribution < -0.4 is 0 Å². The average Bonchev–Trinajstić information content (AvgIpc) is 2.49. The van der Waals surface area contributed by atoms with Crippen LogP contribution in [0, 0.1) is 0 Å². The lowest BCUT2D eigenvalue weighted by atomic mass is 10.1. The Labute approximate surface area is 157 Å². The van der Waals surface area contributed by atoms with Gasteiger partial charge in [0, 0.05) is 12.8 Å². The third kappa shape index (κ3) is 14.2. The summed E-state index contributed by atoms with van der Waals surface area (Å²) >= 11 is 2.59. The Bertz CT molecular complexity index is 295. The molecule has 3 nitrogen and oxygen atoms in total. The molecule has 4 heteroatoms. The van der Waals surface area contributed by atoms with Crippen molar-refractivity contribution in [3.63, 3.8) is 0 Å². The minimum atomic E-state index is -0.670. The summed E-state index contributed by atoms with van der Waals surface area (Å²) in [4.78, 5) is 10.6. The molecule has 0 rings (SSSR count). The van der Waals surface area contributed by atoms with Crippen molar-refractivity contribution in [2.75, 3.05) is 20.6 Å². The van der Waals surface area contributed by atoms with Crippen LogP contribution in [0.15, 0.2) is 0 Å². The van der Waals surface area contributed by atoms with Gasteiger partial charge in [0.05, 0.1) is 20.6 Å². The molecular weight excluding hydrogens is 401 g/mol. The van der Waals surface area contributed by atoms with Crippen molar-refractivity contribution >= 4 is 28.6 Å². The van der Waals surface area contributed by atoms with Crippen LogP contribution in [0.25, 0.3) is 0 Å². The van der Waals surface area contributed by atoms with Gasteiger partial charge in [-0.3, -0.25) is 4.79 Å². The maximum Gasteiger partial charge on any atom is 0.303 e. The van der Waals surface area contributed by atoms with Crippen LogP contribution in [0.3, 0.4) is 0 Å². The Kier molecular flexibility index (Phi) is 14.6. The molecule has 23 heavy (non-hydrogen) atoms. The second-order valence-electron chi connectivity index (χ2n) is 7.40. The lowest BCUT2D eigenvalue weighted by Crippen LogP contribution is -2.46. The number of hydrogen-bond donors (Lipinski definition) is 1. The molecule has 0 aliphatic heterocycles. The monoisotopic (exact) mass is 440 g/mol. The van der Waals surface area contributed by atoms with Crippen molar-refractivity contribution in [1.29, 1.82) is 0 Å². The minimum absolute atomic E-state index is 0.310. The Morgan fingerprint density at radius 2 is 1.43 bits per heavy atom. The highest BCUT2D eigenvalue weighted by Crippen LogP contribution is 2.22. The molecule has 1 atom stereocenters. The van der Waals surface area contributed by atoms with E-state index in [1.807, 2.05) is 0 Å². The van der Waals surface area contributed by atoms with Crippen LogP contribution in [0.4, 0.5) is 0 Å². The van der Waals surface area contributed by atoms with E-state index in [1.54, 1.807) is 0 Å². The maximum absolute atomic E-state index is 10.6. The van der Waals surface area contributed by atoms with Crippen LogP contribution in [0.2, 0.25) is 0 Å². The number of rotatable bonds is 16. The number of halogens is 1. The molecular formula is C19H39INO2+. The highest BCUT2D eigenvalue weighted by Gasteiger charge is 2.24. The molecule has 0 aliphatic carbocycles. The maximum atomic E-state index is 10.6. The van der Waals surface area contributed by atoms with Crippen LogP contribution in [0.5, 0.6) is 0 Å². The fourth-order valence-corrected chi connectivity index (χ4v) is 3.63. The molecule has 0 aliphatic rings. The van der Waals surface area contributed by atoms with Gasteiger partial charge >= 0.3 is 5.97 Å². The predicted molar refractivity (Wildman–Crippen MR) is 108 cm³/mol. The van der Waals surface area contributed by atoms with E-state index in [2.05, 4.69) is 43.6 Å². The fourth-order valence-electron chi connectivity index (χ4n) is 2.91. The molecule has 138 valence electrons. The zero-order valence-corrected chi connectivity index (χ0v) is 17.8. The number of aliphatic carboxylic acids is 1. The van der Waals surface area contributed by atoms with Crippen LogP contribution in [-0.4, -0.2) is 40.2 Å². The van der Waals surface area contributed by atoms with Crippen molar-refractivity contribution in [2.45, 2.75) is 94.4 Å². The molecule has 1 unspecified atom stereocenters. The molecule has 0 amide bonds. The first-order chi connectivity index (χ1) is 10.9. The fraction of sp³-hybridized carbons (Fsp3) is 0.947. The van der Waals surface area contributed by atoms with Crippen LogP contribution in [-0.2, 0) is 4.79 Å². The van der Waals surface area contributed by atoms with Gasteiger partial charge in [0.15, 0.2) is 0 Å². The number of quaternary nitrogens is 1. The van der Waals surface area contributed by atoms with E-state index in [9.17, 15) is 4.79 Å². The third-order valence-electron chi connectivity index (χ3n) is 4.68. The van der Waals surface area contributed by atoms with Gasteiger partial charge in [-0.15, -0.1) is 0 Å². The van der Waals surface area contributed by atoms with Crippen LogP contribution >= 0.6 is 22.6 Å². The quantitative estimate of drug-likeness (QED) is 0.105. The summed E-state index contributed by atoms with van der Waals surface area (Å²) in [6.45, 7) is 3.35. The van der Waals surface area contributed by atoms with Gasteiger partial charge in [0.2, 0.25) is 0 Å². The van der Waals surface area contributed by atoms with E-state index >= 15 is 0 Å². The Morgan fingerprint density at radius 3 is 1.96 bits per heavy atom. The summed E-state index contributed by atoms with van der Waals surface area (Å²) in [6, 6.07) is 0. The largest absolute Gasteiger partial charge is 0.481 e. The van der Waals surface area contributed by atoms with E-state index in [-0.39, 0.29) is 0 Å². The molecule has 1 N–H and O–H groups in total. The van der Waals surface area contributed by atoms with Gasteiger partial charge in [-0.05, 0) is 41.9 Å². The lowest BCUT2D eigenvalue weighted by Gasteiger charge is -2.35. The highest BCUT2D eigenvalue weighted by atomic mass is 127. The lowest BCUT2D eigenvalue weighted by molar-refractivity contribution is -0.896. The summed E-state index contributed by atoms with van der Waals surface area (Å²) in [5, 5.41) is 8.69. The third-order valence-corrected chi connectivity index (χ3v) is 6.81. The average molecular weight is 440 g/mol. The van der Waals surface area contributed by atoms with Gasteiger partial charge in [-0.2, -0.15) is 0 Å². The first kappa shape index (κ1) is 23.2. The molecule has 0 aromatic carbocycles. The molecule has 0 saturated heterocycles. The number of alkyl halides is 1. The standard InChI is InChI=1S/C19H38INO2/c1-4-5-6-7-8-9-10-11-12-15-18(20)21(2,3)17-14-13-16-19(22)23/h18H,4-17H2,1-3H3/p+1. The number of unbranched alkanes of at least 4 members (excludes halogenated alkanes) is 9. The normalized spacial score (nSPS) is 13.2. The summed E-state index contributed by atoms with van der Waals surface area (Å²) in [6.07, 6.45) is 15.9. The van der Waals surface area contributed by atoms with Crippen molar-refractivity contribution in [1.82, 2.24) is 0 Å². The second kappa shape index (κ2) is 14.5. The van der Waals surface area contributed by atoms with Gasteiger partial charge in [0.25, 0.3) is 0 Å². The van der Waals surface area contributed by atoms with Crippen molar-refractivity contribution in [3.8, 4) is 0 Å². The summed E-state index contributed by atoms with van der Waals surface area (Å²) in [5.41, 5.74) is 0. The number of carboxylic acid groups (broad SMARTS) is 1. The highest BCUT2D eigenvalue weighted by molar-refractivity contribution is 14.1. The molecule has 0 heterocycles. The Hall–Kier alpha value is 0.160. The van der Waals surface area contributed by atoms with E-state index in [0.29, 0.717) is 10.5 Å². The molecule has 0 aromatic rings. The van der Waals surface area contributed by atoms with E-state index in [4.69, 9.17) is 5.11 Å². The van der Waals surface area contributed by atoms with E-state index in [1.165, 1.54) is 64.2 Å². The van der Waals surface area contributed by atoms with Gasteiger partial charge in [-0.25, -0.2) is 0 Å². The summed E-state index contributed by atoms with van der Waals surface area (Å²) in [5.74, 6) is -0.670. The molecule has 0 spiro atoms. The predicted octanol–water partition coefficient (Wildman–Crippen LogP) is 6.00. The second-order valence-corrected chi connectivity index (χ2v) is 8.84. The number of carboxylic acids is 1. The number of nitrogens with zero attached hydrogens (tertiary/aromatic N) is 1. The van der Waals surface area contributed by atoms with Crippen molar-refractivity contribution < 1.29 is 14.4 Å². The minimum Gasteiger partial charge on any atom is -0.481 e. The zero-order chi connectivity index (χ0) is 17.6. The van der Waals surface area contributed by atoms with Crippen molar-refractivity contribution in [3.05, 3.63) is 0 Å². The topological polar surface area (TPSA) is 37.3 Å². The van der Waals surface area contributed by atoms with Gasteiger partial charge < -0.3 is 9.59 Å². The van der Waals surface area contributed by atoms with Gasteiger partial charge in [0.1, 0.15) is 4.05 Å². The first-order valence-corrected chi connectivity index (χ1v) is 10.8.